The van der Waals surface area contributed by atoms with Gasteiger partial charge in [0.1, 0.15) is 5.75 Å². The first-order valence-corrected chi connectivity index (χ1v) is 8.19. The van der Waals surface area contributed by atoms with E-state index in [1.807, 2.05) is 24.4 Å². The number of benzene rings is 2. The van der Waals surface area contributed by atoms with E-state index in [-0.39, 0.29) is 11.4 Å². The lowest BCUT2D eigenvalue weighted by molar-refractivity contribution is -0.386. The van der Waals surface area contributed by atoms with E-state index < -0.39 is 10.7 Å². The molecule has 0 aliphatic carbocycles. The van der Waals surface area contributed by atoms with Gasteiger partial charge in [0.25, 0.3) is 0 Å². The van der Waals surface area contributed by atoms with Crippen LogP contribution >= 0.6 is 0 Å². The monoisotopic (exact) mass is 358 g/mol. The van der Waals surface area contributed by atoms with Gasteiger partial charge in [-0.1, -0.05) is 12.1 Å². The summed E-state index contributed by atoms with van der Waals surface area (Å²) in [6.45, 7) is 0. The molecule has 0 amide bonds. The van der Waals surface area contributed by atoms with Crippen molar-refractivity contribution in [1.82, 2.24) is 4.98 Å². The number of nitro benzene ring substituents is 1. The van der Waals surface area contributed by atoms with E-state index in [4.69, 9.17) is 9.47 Å². The predicted molar refractivity (Wildman–Crippen MR) is 96.5 cm³/mol. The van der Waals surface area contributed by atoms with Crippen molar-refractivity contribution in [2.75, 3.05) is 14.2 Å². The van der Waals surface area contributed by atoms with Crippen molar-refractivity contribution in [2.24, 2.45) is 0 Å². The lowest BCUT2D eigenvalue weighted by Gasteiger charge is -2.08. The SMILES string of the molecule is COc1c([N+](=O)[O-])ccc(CCCc2c[nH]c3c(OC)cccc23)c1F. The fourth-order valence-electron chi connectivity index (χ4n) is 3.15. The van der Waals surface area contributed by atoms with Gasteiger partial charge in [0.2, 0.25) is 5.75 Å². The van der Waals surface area contributed by atoms with E-state index in [0.29, 0.717) is 18.4 Å². The number of fused-ring (bicyclic) bond motifs is 1. The average molecular weight is 358 g/mol. The largest absolute Gasteiger partial charge is 0.495 e. The highest BCUT2D eigenvalue weighted by Gasteiger charge is 2.21. The van der Waals surface area contributed by atoms with Crippen LogP contribution in [0.15, 0.2) is 36.5 Å². The highest BCUT2D eigenvalue weighted by atomic mass is 19.1. The van der Waals surface area contributed by atoms with E-state index in [1.54, 1.807) is 7.11 Å². The lowest BCUT2D eigenvalue weighted by Crippen LogP contribution is -2.01. The van der Waals surface area contributed by atoms with E-state index in [0.717, 1.165) is 28.6 Å². The number of nitrogens with zero attached hydrogens (tertiary/aromatic N) is 1. The normalized spacial score (nSPS) is 10.9. The number of hydrogen-bond acceptors (Lipinski definition) is 4. The minimum Gasteiger partial charge on any atom is -0.495 e. The van der Waals surface area contributed by atoms with Crippen molar-refractivity contribution >= 4 is 16.6 Å². The molecule has 1 aromatic heterocycles. The van der Waals surface area contributed by atoms with Crippen molar-refractivity contribution in [2.45, 2.75) is 19.3 Å². The summed E-state index contributed by atoms with van der Waals surface area (Å²) in [6, 6.07) is 8.57. The zero-order chi connectivity index (χ0) is 18.7. The summed E-state index contributed by atoms with van der Waals surface area (Å²) in [5.41, 5.74) is 2.10. The van der Waals surface area contributed by atoms with Crippen molar-refractivity contribution in [1.29, 1.82) is 0 Å². The van der Waals surface area contributed by atoms with Gasteiger partial charge >= 0.3 is 5.69 Å². The van der Waals surface area contributed by atoms with Crippen LogP contribution in [0.5, 0.6) is 11.5 Å². The number of aryl methyl sites for hydroxylation is 2. The Labute approximate surface area is 149 Å². The number of ether oxygens (including phenoxy) is 2. The number of methoxy groups -OCH3 is 2. The van der Waals surface area contributed by atoms with Gasteiger partial charge in [-0.05, 0) is 42.5 Å². The van der Waals surface area contributed by atoms with Crippen LogP contribution in [0.1, 0.15) is 17.5 Å². The van der Waals surface area contributed by atoms with Crippen LogP contribution in [0, 0.1) is 15.9 Å². The molecule has 0 fully saturated rings. The second-order valence-electron chi connectivity index (χ2n) is 5.90. The Morgan fingerprint density at radius 3 is 2.58 bits per heavy atom. The summed E-state index contributed by atoms with van der Waals surface area (Å²) in [4.78, 5) is 13.5. The number of para-hydroxylation sites is 1. The molecule has 0 bridgehead atoms. The van der Waals surface area contributed by atoms with Gasteiger partial charge in [-0.2, -0.15) is 0 Å². The van der Waals surface area contributed by atoms with Gasteiger partial charge in [0.15, 0.2) is 5.82 Å². The number of halogens is 1. The van der Waals surface area contributed by atoms with Crippen LogP contribution in [0.25, 0.3) is 10.9 Å². The van der Waals surface area contributed by atoms with Gasteiger partial charge < -0.3 is 14.5 Å². The highest BCUT2D eigenvalue weighted by molar-refractivity contribution is 5.88. The van der Waals surface area contributed by atoms with E-state index in [2.05, 4.69) is 4.98 Å². The third-order valence-electron chi connectivity index (χ3n) is 4.43. The van der Waals surface area contributed by atoms with Gasteiger partial charge in [-0.3, -0.25) is 10.1 Å². The number of aromatic amines is 1. The van der Waals surface area contributed by atoms with Crippen LogP contribution in [0.4, 0.5) is 10.1 Å². The van der Waals surface area contributed by atoms with Crippen LogP contribution < -0.4 is 9.47 Å². The summed E-state index contributed by atoms with van der Waals surface area (Å²) in [5, 5.41) is 12.0. The second-order valence-corrected chi connectivity index (χ2v) is 5.90. The summed E-state index contributed by atoms with van der Waals surface area (Å²) in [5.74, 6) is -0.202. The Morgan fingerprint density at radius 1 is 1.12 bits per heavy atom. The molecule has 0 atom stereocenters. The molecule has 1 N–H and O–H groups in total. The number of rotatable bonds is 7. The van der Waals surface area contributed by atoms with E-state index in [9.17, 15) is 14.5 Å². The Balaban J connectivity index is 1.76. The van der Waals surface area contributed by atoms with Gasteiger partial charge in [-0.25, -0.2) is 4.39 Å². The first kappa shape index (κ1) is 17.7. The number of aromatic nitrogens is 1. The average Bonchev–Trinajstić information content (AvgIpc) is 3.05. The fourth-order valence-corrected chi connectivity index (χ4v) is 3.15. The van der Waals surface area contributed by atoms with Crippen molar-refractivity contribution in [3.63, 3.8) is 0 Å². The first-order valence-electron chi connectivity index (χ1n) is 8.19. The van der Waals surface area contributed by atoms with Crippen LogP contribution in [0.2, 0.25) is 0 Å². The summed E-state index contributed by atoms with van der Waals surface area (Å²) in [7, 11) is 2.86. The Kier molecular flexibility index (Phi) is 5.06. The maximum Gasteiger partial charge on any atom is 0.314 e. The smallest absolute Gasteiger partial charge is 0.314 e. The molecule has 7 heteroatoms. The topological polar surface area (TPSA) is 77.4 Å². The molecule has 2 aromatic carbocycles. The summed E-state index contributed by atoms with van der Waals surface area (Å²) >= 11 is 0. The number of H-pyrrole nitrogens is 1. The van der Waals surface area contributed by atoms with Crippen LogP contribution in [-0.2, 0) is 12.8 Å². The quantitative estimate of drug-likeness (QED) is 0.501. The zero-order valence-electron chi connectivity index (χ0n) is 14.5. The molecule has 1 heterocycles. The molecule has 0 saturated carbocycles. The minimum atomic E-state index is -0.665. The lowest BCUT2D eigenvalue weighted by atomic mass is 10.0. The van der Waals surface area contributed by atoms with E-state index in [1.165, 1.54) is 19.2 Å². The second kappa shape index (κ2) is 7.43. The van der Waals surface area contributed by atoms with Crippen LogP contribution in [-0.4, -0.2) is 24.1 Å². The Morgan fingerprint density at radius 2 is 1.88 bits per heavy atom. The number of nitrogens with one attached hydrogen (secondary N) is 1. The molecule has 26 heavy (non-hydrogen) atoms. The Hall–Kier alpha value is -3.09. The Bertz CT molecular complexity index is 952. The molecule has 6 nitrogen and oxygen atoms in total. The van der Waals surface area contributed by atoms with E-state index >= 15 is 0 Å². The molecule has 136 valence electrons. The molecular weight excluding hydrogens is 339 g/mol. The molecule has 0 saturated heterocycles. The highest BCUT2D eigenvalue weighted by Crippen LogP contribution is 2.33. The predicted octanol–water partition coefficient (Wildman–Crippen LogP) is 4.41. The minimum absolute atomic E-state index is 0.315. The summed E-state index contributed by atoms with van der Waals surface area (Å²) in [6.07, 6.45) is 3.82. The molecule has 0 aliphatic rings. The van der Waals surface area contributed by atoms with Crippen molar-refractivity contribution < 1.29 is 18.8 Å². The molecule has 0 aliphatic heterocycles. The fraction of sp³-hybridized carbons (Fsp3) is 0.263. The van der Waals surface area contributed by atoms with Gasteiger partial charge in [-0.15, -0.1) is 0 Å². The van der Waals surface area contributed by atoms with Gasteiger partial charge in [0.05, 0.1) is 24.7 Å². The molecule has 0 spiro atoms. The molecule has 0 unspecified atom stereocenters. The van der Waals surface area contributed by atoms with Crippen molar-refractivity contribution in [3.05, 3.63) is 63.6 Å². The molecule has 0 radical (unpaired) electrons. The van der Waals surface area contributed by atoms with Crippen LogP contribution in [0.3, 0.4) is 0 Å². The zero-order valence-corrected chi connectivity index (χ0v) is 14.5. The number of nitro groups is 1. The number of hydrogen-bond donors (Lipinski definition) is 1. The first-order chi connectivity index (χ1) is 12.6. The third kappa shape index (κ3) is 3.20. The molecular formula is C19H19FN2O4. The van der Waals surface area contributed by atoms with Gasteiger partial charge in [0, 0.05) is 17.6 Å². The maximum atomic E-state index is 14.5. The standard InChI is InChI=1S/C19H19FN2O4/c1-25-16-8-4-7-14-13(11-21-18(14)16)6-3-5-12-9-10-15(22(23)24)19(26-2)17(12)20/h4,7-11,21H,3,5-6H2,1-2H3. The molecule has 3 rings (SSSR count). The summed E-state index contributed by atoms with van der Waals surface area (Å²) < 4.78 is 24.7. The van der Waals surface area contributed by atoms with Crippen molar-refractivity contribution in [3.8, 4) is 11.5 Å². The maximum absolute atomic E-state index is 14.5. The molecule has 3 aromatic rings. The third-order valence-corrected chi connectivity index (χ3v) is 4.43.